The molecule has 0 atom stereocenters. The standard InChI is InChI=1S/C22H29N5O/c1-14(2)12-26-7-8-27-19(13-26)10-18(25-27)11-23-22(28)17-5-6-21-20(9-17)15(3)16(4)24-21/h5-6,9-10,14,24H,7-8,11-13H2,1-4H3,(H,23,28). The number of aromatic amines is 1. The summed E-state index contributed by atoms with van der Waals surface area (Å²) in [5.74, 6) is 0.602. The van der Waals surface area contributed by atoms with E-state index in [2.05, 4.69) is 58.7 Å². The molecule has 2 aromatic heterocycles. The lowest BCUT2D eigenvalue weighted by molar-refractivity contribution is 0.0950. The second-order valence-corrected chi connectivity index (χ2v) is 8.30. The van der Waals surface area contributed by atoms with Gasteiger partial charge in [0.25, 0.3) is 5.91 Å². The van der Waals surface area contributed by atoms with E-state index in [1.54, 1.807) is 0 Å². The molecule has 6 nitrogen and oxygen atoms in total. The van der Waals surface area contributed by atoms with Gasteiger partial charge in [-0.2, -0.15) is 5.10 Å². The molecule has 2 N–H and O–H groups in total. The molecule has 1 aromatic carbocycles. The van der Waals surface area contributed by atoms with Gasteiger partial charge in [0, 0.05) is 41.8 Å². The third-order valence-corrected chi connectivity index (χ3v) is 5.55. The molecule has 0 fully saturated rings. The average molecular weight is 380 g/mol. The highest BCUT2D eigenvalue weighted by atomic mass is 16.1. The Morgan fingerprint density at radius 1 is 1.25 bits per heavy atom. The van der Waals surface area contributed by atoms with Crippen molar-refractivity contribution in [3.05, 3.63) is 52.5 Å². The molecule has 0 bridgehead atoms. The Balaban J connectivity index is 1.42. The van der Waals surface area contributed by atoms with Gasteiger partial charge in [0.1, 0.15) is 0 Å². The highest BCUT2D eigenvalue weighted by molar-refractivity contribution is 5.99. The van der Waals surface area contributed by atoms with Crippen LogP contribution in [0.4, 0.5) is 0 Å². The van der Waals surface area contributed by atoms with E-state index in [1.165, 1.54) is 11.3 Å². The lowest BCUT2D eigenvalue weighted by atomic mass is 10.1. The number of aryl methyl sites for hydroxylation is 2. The first-order valence-corrected chi connectivity index (χ1v) is 10.1. The molecule has 0 aliphatic carbocycles. The van der Waals surface area contributed by atoms with E-state index >= 15 is 0 Å². The van der Waals surface area contributed by atoms with Crippen molar-refractivity contribution in [2.45, 2.75) is 47.3 Å². The van der Waals surface area contributed by atoms with Crippen LogP contribution in [0.25, 0.3) is 10.9 Å². The Kier molecular flexibility index (Phi) is 4.98. The molecule has 0 saturated carbocycles. The van der Waals surface area contributed by atoms with Gasteiger partial charge < -0.3 is 10.3 Å². The number of rotatable bonds is 5. The van der Waals surface area contributed by atoms with Crippen LogP contribution >= 0.6 is 0 Å². The summed E-state index contributed by atoms with van der Waals surface area (Å²) in [5.41, 5.74) is 6.24. The Morgan fingerprint density at radius 2 is 2.07 bits per heavy atom. The molecule has 1 aliphatic rings. The fraction of sp³-hybridized carbons (Fsp3) is 0.455. The topological polar surface area (TPSA) is 66.0 Å². The monoisotopic (exact) mass is 379 g/mol. The number of H-pyrrole nitrogens is 1. The zero-order chi connectivity index (χ0) is 19.8. The maximum atomic E-state index is 12.6. The highest BCUT2D eigenvalue weighted by Gasteiger charge is 2.19. The maximum absolute atomic E-state index is 12.6. The Labute approximate surface area is 165 Å². The van der Waals surface area contributed by atoms with Crippen molar-refractivity contribution >= 4 is 16.8 Å². The summed E-state index contributed by atoms with van der Waals surface area (Å²) in [6.07, 6.45) is 0. The summed E-state index contributed by atoms with van der Waals surface area (Å²) in [6, 6.07) is 7.93. The highest BCUT2D eigenvalue weighted by Crippen LogP contribution is 2.22. The molecule has 0 spiro atoms. The molecule has 0 saturated heterocycles. The Bertz CT molecular complexity index is 1010. The van der Waals surface area contributed by atoms with Crippen LogP contribution in [0.5, 0.6) is 0 Å². The Morgan fingerprint density at radius 3 is 2.86 bits per heavy atom. The fourth-order valence-corrected chi connectivity index (χ4v) is 4.01. The van der Waals surface area contributed by atoms with Crippen molar-refractivity contribution in [3.63, 3.8) is 0 Å². The van der Waals surface area contributed by atoms with Crippen molar-refractivity contribution in [1.82, 2.24) is 25.0 Å². The number of aromatic nitrogens is 3. The second-order valence-electron chi connectivity index (χ2n) is 8.30. The average Bonchev–Trinajstić information content (AvgIpc) is 3.19. The molecule has 0 radical (unpaired) electrons. The molecule has 0 unspecified atom stereocenters. The van der Waals surface area contributed by atoms with Crippen molar-refractivity contribution in [2.75, 3.05) is 13.1 Å². The quantitative estimate of drug-likeness (QED) is 0.714. The van der Waals surface area contributed by atoms with E-state index in [0.717, 1.165) is 48.5 Å². The van der Waals surface area contributed by atoms with Crippen LogP contribution in [0.1, 0.15) is 46.9 Å². The van der Waals surface area contributed by atoms with Crippen LogP contribution in [-0.2, 0) is 19.6 Å². The second kappa shape index (κ2) is 7.43. The largest absolute Gasteiger partial charge is 0.358 e. The molecular formula is C22H29N5O. The zero-order valence-electron chi connectivity index (χ0n) is 17.2. The van der Waals surface area contributed by atoms with Gasteiger partial charge in [-0.1, -0.05) is 13.8 Å². The Hall–Kier alpha value is -2.60. The van der Waals surface area contributed by atoms with Gasteiger partial charge >= 0.3 is 0 Å². The molecule has 6 heteroatoms. The van der Waals surface area contributed by atoms with Gasteiger partial charge in [0.15, 0.2) is 0 Å². The molecule has 148 valence electrons. The summed E-state index contributed by atoms with van der Waals surface area (Å²) in [6.45, 7) is 13.1. The van der Waals surface area contributed by atoms with Crippen LogP contribution in [0.3, 0.4) is 0 Å². The first-order chi connectivity index (χ1) is 13.4. The molecule has 28 heavy (non-hydrogen) atoms. The van der Waals surface area contributed by atoms with Gasteiger partial charge in [-0.05, 0) is 49.6 Å². The van der Waals surface area contributed by atoms with Gasteiger partial charge in [0.2, 0.25) is 0 Å². The lowest BCUT2D eigenvalue weighted by Gasteiger charge is -2.28. The van der Waals surface area contributed by atoms with Crippen molar-refractivity contribution in [1.29, 1.82) is 0 Å². The summed E-state index contributed by atoms with van der Waals surface area (Å²) < 4.78 is 2.08. The summed E-state index contributed by atoms with van der Waals surface area (Å²) in [5, 5.41) is 8.79. The molecular weight excluding hydrogens is 350 g/mol. The van der Waals surface area contributed by atoms with Gasteiger partial charge in [0.05, 0.1) is 24.5 Å². The first kappa shape index (κ1) is 18.7. The minimum absolute atomic E-state index is 0.0624. The number of benzene rings is 1. The molecule has 1 aliphatic heterocycles. The number of carbonyl (C=O) groups excluding carboxylic acids is 1. The fourth-order valence-electron chi connectivity index (χ4n) is 4.01. The van der Waals surface area contributed by atoms with Crippen LogP contribution in [0.15, 0.2) is 24.3 Å². The van der Waals surface area contributed by atoms with Crippen LogP contribution in [0.2, 0.25) is 0 Å². The van der Waals surface area contributed by atoms with E-state index < -0.39 is 0 Å². The number of fused-ring (bicyclic) bond motifs is 2. The van der Waals surface area contributed by atoms with E-state index in [4.69, 9.17) is 0 Å². The SMILES string of the molecule is Cc1[nH]c2ccc(C(=O)NCc3cc4n(n3)CCN(CC(C)C)C4)cc2c1C. The van der Waals surface area contributed by atoms with Crippen LogP contribution in [-0.4, -0.2) is 38.7 Å². The number of amides is 1. The number of hydrogen-bond donors (Lipinski definition) is 2. The predicted molar refractivity (Wildman–Crippen MR) is 111 cm³/mol. The number of hydrogen-bond acceptors (Lipinski definition) is 3. The van der Waals surface area contributed by atoms with E-state index in [1.807, 2.05) is 18.2 Å². The van der Waals surface area contributed by atoms with Crippen molar-refractivity contribution < 1.29 is 4.79 Å². The van der Waals surface area contributed by atoms with Crippen LogP contribution in [0, 0.1) is 19.8 Å². The van der Waals surface area contributed by atoms with Gasteiger partial charge in [-0.15, -0.1) is 0 Å². The first-order valence-electron chi connectivity index (χ1n) is 10.1. The van der Waals surface area contributed by atoms with E-state index in [0.29, 0.717) is 18.0 Å². The smallest absolute Gasteiger partial charge is 0.251 e. The normalized spacial score (nSPS) is 14.6. The van der Waals surface area contributed by atoms with Crippen molar-refractivity contribution in [3.8, 4) is 0 Å². The molecule has 1 amide bonds. The molecule has 3 aromatic rings. The van der Waals surface area contributed by atoms with E-state index in [9.17, 15) is 4.79 Å². The van der Waals surface area contributed by atoms with Crippen molar-refractivity contribution in [2.24, 2.45) is 5.92 Å². The summed E-state index contributed by atoms with van der Waals surface area (Å²) in [7, 11) is 0. The molecule has 3 heterocycles. The maximum Gasteiger partial charge on any atom is 0.251 e. The van der Waals surface area contributed by atoms with Gasteiger partial charge in [-0.25, -0.2) is 0 Å². The number of nitrogens with one attached hydrogen (secondary N) is 2. The van der Waals surface area contributed by atoms with Gasteiger partial charge in [-0.3, -0.25) is 14.4 Å². The lowest BCUT2D eigenvalue weighted by Crippen LogP contribution is -2.36. The van der Waals surface area contributed by atoms with E-state index in [-0.39, 0.29) is 5.91 Å². The zero-order valence-corrected chi connectivity index (χ0v) is 17.2. The third-order valence-electron chi connectivity index (χ3n) is 5.55. The third kappa shape index (κ3) is 3.69. The predicted octanol–water partition coefficient (Wildman–Crippen LogP) is 3.38. The molecule has 4 rings (SSSR count). The number of carbonyl (C=O) groups is 1. The minimum Gasteiger partial charge on any atom is -0.358 e. The van der Waals surface area contributed by atoms with Crippen LogP contribution < -0.4 is 5.32 Å². The minimum atomic E-state index is -0.0624. The summed E-state index contributed by atoms with van der Waals surface area (Å²) in [4.78, 5) is 18.5. The summed E-state index contributed by atoms with van der Waals surface area (Å²) >= 11 is 0. The number of nitrogens with zero attached hydrogens (tertiary/aromatic N) is 3.